The number of carbonyl (C=O) groups excluding carboxylic acids is 1. The molecule has 0 saturated carbocycles. The Kier molecular flexibility index (Phi) is 4.62. The minimum atomic E-state index is -1.28. The van der Waals surface area contributed by atoms with E-state index in [4.69, 9.17) is 4.74 Å². The van der Waals surface area contributed by atoms with Crippen LogP contribution in [0.1, 0.15) is 19.5 Å². The van der Waals surface area contributed by atoms with Gasteiger partial charge in [0.15, 0.2) is 0 Å². The van der Waals surface area contributed by atoms with Crippen molar-refractivity contribution in [2.75, 3.05) is 13.2 Å². The van der Waals surface area contributed by atoms with Crippen LogP contribution in [0.3, 0.4) is 0 Å². The van der Waals surface area contributed by atoms with Gasteiger partial charge < -0.3 is 14.9 Å². The molecule has 0 aliphatic carbocycles. The lowest BCUT2D eigenvalue weighted by molar-refractivity contribution is 0.0336. The van der Waals surface area contributed by atoms with Crippen LogP contribution in [-0.2, 0) is 4.74 Å². The summed E-state index contributed by atoms with van der Waals surface area (Å²) in [4.78, 5) is 37.6. The number of aromatic nitrogens is 2. The molecule has 1 unspecified atom stereocenters. The van der Waals surface area contributed by atoms with Crippen molar-refractivity contribution in [3.63, 3.8) is 0 Å². The molecule has 122 valence electrons. The van der Waals surface area contributed by atoms with E-state index >= 15 is 0 Å². The molecule has 0 aromatic carbocycles. The molecule has 0 bridgehead atoms. The summed E-state index contributed by atoms with van der Waals surface area (Å²) in [6, 6.07) is -0.791. The first-order valence-electron chi connectivity index (χ1n) is 6.65. The Morgan fingerprint density at radius 2 is 2.23 bits per heavy atom. The molecular formula is C12H16FN3O6. The quantitative estimate of drug-likeness (QED) is 0.640. The number of hydrogen-bond acceptors (Lipinski definition) is 6. The van der Waals surface area contributed by atoms with Gasteiger partial charge in [0.2, 0.25) is 5.82 Å². The third-order valence-electron chi connectivity index (χ3n) is 3.43. The van der Waals surface area contributed by atoms with Gasteiger partial charge in [-0.05, 0) is 6.92 Å². The van der Waals surface area contributed by atoms with Crippen LogP contribution in [0.2, 0.25) is 0 Å². The van der Waals surface area contributed by atoms with Crippen molar-refractivity contribution in [1.29, 1.82) is 0 Å². The third-order valence-corrected chi connectivity index (χ3v) is 3.43. The minimum Gasteiger partial charge on any atom is -0.450 e. The topological polar surface area (TPSA) is 125 Å². The maximum absolute atomic E-state index is 13.4. The molecule has 2 rings (SSSR count). The lowest BCUT2D eigenvalue weighted by Gasteiger charge is -2.29. The van der Waals surface area contributed by atoms with E-state index in [2.05, 4.69) is 0 Å². The summed E-state index contributed by atoms with van der Waals surface area (Å²) in [5.41, 5.74) is -2.18. The Morgan fingerprint density at radius 3 is 2.82 bits per heavy atom. The van der Waals surface area contributed by atoms with Crippen LogP contribution in [0.5, 0.6) is 0 Å². The minimum absolute atomic E-state index is 0.0207. The number of nitrogens with one attached hydrogen (secondary N) is 1. The number of hydrogen-bond donors (Lipinski definition) is 3. The number of aromatic amines is 1. The van der Waals surface area contributed by atoms with Crippen LogP contribution in [0, 0.1) is 5.82 Å². The highest BCUT2D eigenvalue weighted by Gasteiger charge is 2.45. The van der Waals surface area contributed by atoms with E-state index in [1.807, 2.05) is 0 Å². The maximum Gasteiger partial charge on any atom is 0.411 e. The predicted molar refractivity (Wildman–Crippen MR) is 70.7 cm³/mol. The van der Waals surface area contributed by atoms with Gasteiger partial charge in [0.1, 0.15) is 6.17 Å². The molecule has 1 saturated heterocycles. The number of aliphatic hydroxyl groups excluding tert-OH is 2. The number of ether oxygens (including phenoxy) is 1. The van der Waals surface area contributed by atoms with Gasteiger partial charge in [-0.2, -0.15) is 4.39 Å². The second kappa shape index (κ2) is 6.28. The van der Waals surface area contributed by atoms with Crippen LogP contribution in [-0.4, -0.2) is 56.1 Å². The molecule has 1 aromatic heterocycles. The molecular weight excluding hydrogens is 301 g/mol. The van der Waals surface area contributed by atoms with Crippen LogP contribution >= 0.6 is 0 Å². The van der Waals surface area contributed by atoms with Crippen molar-refractivity contribution in [3.05, 3.63) is 32.9 Å². The lowest BCUT2D eigenvalue weighted by Crippen LogP contribution is -2.47. The Labute approximate surface area is 123 Å². The highest BCUT2D eigenvalue weighted by Crippen LogP contribution is 2.32. The average molecular weight is 317 g/mol. The zero-order valence-electron chi connectivity index (χ0n) is 11.7. The van der Waals surface area contributed by atoms with Gasteiger partial charge in [0.05, 0.1) is 31.6 Å². The molecule has 1 aliphatic heterocycles. The third kappa shape index (κ3) is 2.74. The van der Waals surface area contributed by atoms with Gasteiger partial charge in [-0.1, -0.05) is 0 Å². The standard InChI is InChI=1S/C12H16FN3O6/c1-2-22-12(21)16-6(5-17)3-8(18)10(16)15-4-7(13)9(19)14-11(15)20/h4,6,8,10,17-18H,2-3,5H2,1H3,(H,14,19,20)/t6-,8+,10?/m0/s1. The summed E-state index contributed by atoms with van der Waals surface area (Å²) in [7, 11) is 0. The van der Waals surface area contributed by atoms with Gasteiger partial charge in [0.25, 0.3) is 5.56 Å². The molecule has 3 N–H and O–H groups in total. The summed E-state index contributed by atoms with van der Waals surface area (Å²) >= 11 is 0. The normalized spacial score (nSPS) is 24.5. The van der Waals surface area contributed by atoms with Gasteiger partial charge in [-0.15, -0.1) is 0 Å². The number of aliphatic hydroxyl groups is 2. The van der Waals surface area contributed by atoms with E-state index in [0.717, 1.165) is 4.90 Å². The van der Waals surface area contributed by atoms with Crippen molar-refractivity contribution >= 4 is 6.09 Å². The Morgan fingerprint density at radius 1 is 1.55 bits per heavy atom. The zero-order chi connectivity index (χ0) is 16.4. The molecule has 2 heterocycles. The number of H-pyrrole nitrogens is 1. The van der Waals surface area contributed by atoms with E-state index in [1.54, 1.807) is 11.9 Å². The summed E-state index contributed by atoms with van der Waals surface area (Å²) in [6.07, 6.45) is -2.78. The SMILES string of the molecule is CCOC(=O)N1C(n2cc(F)c(=O)[nH]c2=O)[C@H](O)C[C@H]1CO. The molecule has 10 heteroatoms. The molecule has 0 spiro atoms. The van der Waals surface area contributed by atoms with E-state index in [-0.39, 0.29) is 13.0 Å². The summed E-state index contributed by atoms with van der Waals surface area (Å²) in [6.45, 7) is 1.15. The van der Waals surface area contributed by atoms with Crippen molar-refractivity contribution in [3.8, 4) is 0 Å². The number of carbonyl (C=O) groups is 1. The molecule has 1 aliphatic rings. The fourth-order valence-corrected chi connectivity index (χ4v) is 2.51. The first kappa shape index (κ1) is 16.2. The molecule has 22 heavy (non-hydrogen) atoms. The molecule has 1 amide bonds. The fourth-order valence-electron chi connectivity index (χ4n) is 2.51. The second-order valence-corrected chi connectivity index (χ2v) is 4.80. The van der Waals surface area contributed by atoms with E-state index < -0.39 is 48.1 Å². The van der Waals surface area contributed by atoms with Crippen LogP contribution in [0.15, 0.2) is 15.8 Å². The second-order valence-electron chi connectivity index (χ2n) is 4.80. The Hall–Kier alpha value is -2.20. The summed E-state index contributed by atoms with van der Waals surface area (Å²) in [5, 5.41) is 19.4. The van der Waals surface area contributed by atoms with Gasteiger partial charge >= 0.3 is 11.8 Å². The molecule has 1 fully saturated rings. The van der Waals surface area contributed by atoms with Crippen molar-refractivity contribution in [2.24, 2.45) is 0 Å². The van der Waals surface area contributed by atoms with E-state index in [0.29, 0.717) is 10.8 Å². The zero-order valence-corrected chi connectivity index (χ0v) is 11.7. The molecule has 0 radical (unpaired) electrons. The van der Waals surface area contributed by atoms with Gasteiger partial charge in [-0.3, -0.25) is 19.2 Å². The van der Waals surface area contributed by atoms with Crippen LogP contribution in [0.4, 0.5) is 9.18 Å². The first-order valence-corrected chi connectivity index (χ1v) is 6.65. The number of halogens is 1. The van der Waals surface area contributed by atoms with Gasteiger partial charge in [0, 0.05) is 6.42 Å². The highest BCUT2D eigenvalue weighted by molar-refractivity contribution is 5.68. The summed E-state index contributed by atoms with van der Waals surface area (Å²) < 4.78 is 19.0. The Balaban J connectivity index is 2.50. The smallest absolute Gasteiger partial charge is 0.411 e. The highest BCUT2D eigenvalue weighted by atomic mass is 19.1. The first-order chi connectivity index (χ1) is 10.4. The predicted octanol–water partition coefficient (Wildman–Crippen LogP) is -1.24. The number of likely N-dealkylation sites (tertiary alicyclic amines) is 1. The van der Waals surface area contributed by atoms with Crippen molar-refractivity contribution in [2.45, 2.75) is 31.7 Å². The lowest BCUT2D eigenvalue weighted by atomic mass is 10.2. The molecule has 9 nitrogen and oxygen atoms in total. The van der Waals surface area contributed by atoms with E-state index in [9.17, 15) is 29.0 Å². The number of rotatable bonds is 3. The Bertz CT molecular complexity index is 672. The number of nitrogens with zero attached hydrogens (tertiary/aromatic N) is 2. The van der Waals surface area contributed by atoms with Crippen molar-refractivity contribution < 1.29 is 24.1 Å². The van der Waals surface area contributed by atoms with Crippen LogP contribution < -0.4 is 11.2 Å². The van der Waals surface area contributed by atoms with Crippen LogP contribution in [0.25, 0.3) is 0 Å². The van der Waals surface area contributed by atoms with E-state index in [1.165, 1.54) is 0 Å². The number of amides is 1. The molecule has 1 aromatic rings. The fraction of sp³-hybridized carbons (Fsp3) is 0.583. The largest absolute Gasteiger partial charge is 0.450 e. The van der Waals surface area contributed by atoms with Gasteiger partial charge in [-0.25, -0.2) is 9.59 Å². The monoisotopic (exact) mass is 317 g/mol. The maximum atomic E-state index is 13.4. The average Bonchev–Trinajstić information content (AvgIpc) is 2.80. The molecule has 3 atom stereocenters. The van der Waals surface area contributed by atoms with Crippen molar-refractivity contribution in [1.82, 2.24) is 14.5 Å². The summed E-state index contributed by atoms with van der Waals surface area (Å²) in [5.74, 6) is -1.23.